The second-order valence-corrected chi connectivity index (χ2v) is 3.19. The van der Waals surface area contributed by atoms with Gasteiger partial charge in [0.25, 0.3) is 0 Å². The van der Waals surface area contributed by atoms with Crippen LogP contribution in [0.4, 0.5) is 8.78 Å². The Bertz CT molecular complexity index is 349. The second kappa shape index (κ2) is 5.44. The van der Waals surface area contributed by atoms with Crippen molar-refractivity contribution in [2.45, 2.75) is 19.5 Å². The van der Waals surface area contributed by atoms with E-state index in [2.05, 4.69) is 9.47 Å². The number of ether oxygens (including phenoxy) is 2. The van der Waals surface area contributed by atoms with Crippen LogP contribution in [0, 0.1) is 0 Å². The molecule has 0 bridgehead atoms. The third-order valence-corrected chi connectivity index (χ3v) is 2.16. The van der Waals surface area contributed by atoms with E-state index >= 15 is 0 Å². The van der Waals surface area contributed by atoms with E-state index in [0.717, 1.165) is 0 Å². The lowest BCUT2D eigenvalue weighted by molar-refractivity contribution is -0.142. The number of benzene rings is 1. The first kappa shape index (κ1) is 12.4. The molecule has 0 saturated carbocycles. The van der Waals surface area contributed by atoms with Crippen molar-refractivity contribution in [3.63, 3.8) is 0 Å². The predicted octanol–water partition coefficient (Wildman–Crippen LogP) is 2.56. The van der Waals surface area contributed by atoms with Gasteiger partial charge in [-0.05, 0) is 24.6 Å². The Labute approximate surface area is 92.0 Å². The van der Waals surface area contributed by atoms with E-state index in [1.54, 1.807) is 19.1 Å². The van der Waals surface area contributed by atoms with Gasteiger partial charge in [-0.2, -0.15) is 8.78 Å². The summed E-state index contributed by atoms with van der Waals surface area (Å²) in [5.74, 6) is -0.732. The molecule has 16 heavy (non-hydrogen) atoms. The first-order valence-corrected chi connectivity index (χ1v) is 4.67. The van der Waals surface area contributed by atoms with Crippen LogP contribution in [0.3, 0.4) is 0 Å². The highest BCUT2D eigenvalue weighted by atomic mass is 19.3. The number of rotatable bonds is 4. The fourth-order valence-electron chi connectivity index (χ4n) is 1.25. The van der Waals surface area contributed by atoms with Crippen molar-refractivity contribution in [1.29, 1.82) is 0 Å². The second-order valence-electron chi connectivity index (χ2n) is 3.19. The number of halogens is 2. The van der Waals surface area contributed by atoms with Crippen molar-refractivity contribution in [2.24, 2.45) is 0 Å². The zero-order chi connectivity index (χ0) is 12.1. The number of esters is 1. The molecule has 1 aromatic carbocycles. The molecule has 0 N–H and O–H groups in total. The van der Waals surface area contributed by atoms with E-state index in [1.165, 1.54) is 19.2 Å². The summed E-state index contributed by atoms with van der Waals surface area (Å²) in [5, 5.41) is 0. The van der Waals surface area contributed by atoms with Gasteiger partial charge in [0.15, 0.2) is 0 Å². The normalized spacial score (nSPS) is 12.3. The van der Waals surface area contributed by atoms with Crippen LogP contribution >= 0.6 is 0 Å². The van der Waals surface area contributed by atoms with Gasteiger partial charge in [0, 0.05) is 0 Å². The number of alkyl halides is 2. The maximum absolute atomic E-state index is 11.9. The molecule has 0 spiro atoms. The highest BCUT2D eigenvalue weighted by Gasteiger charge is 2.15. The van der Waals surface area contributed by atoms with Crippen LogP contribution < -0.4 is 4.74 Å². The number of hydrogen-bond acceptors (Lipinski definition) is 3. The minimum atomic E-state index is -2.84. The number of carbonyl (C=O) groups is 1. The largest absolute Gasteiger partial charge is 0.469 e. The molecule has 0 amide bonds. The van der Waals surface area contributed by atoms with Gasteiger partial charge in [0.1, 0.15) is 5.75 Å². The van der Waals surface area contributed by atoms with E-state index < -0.39 is 12.5 Å². The van der Waals surface area contributed by atoms with Crippen molar-refractivity contribution < 1.29 is 23.0 Å². The van der Waals surface area contributed by atoms with Crippen LogP contribution in [0.15, 0.2) is 24.3 Å². The van der Waals surface area contributed by atoms with E-state index in [1.807, 2.05) is 0 Å². The van der Waals surface area contributed by atoms with Crippen LogP contribution in [0.5, 0.6) is 5.75 Å². The summed E-state index contributed by atoms with van der Waals surface area (Å²) in [7, 11) is 1.30. The molecule has 0 heterocycles. The zero-order valence-corrected chi connectivity index (χ0v) is 8.94. The average Bonchev–Trinajstić information content (AvgIpc) is 2.27. The summed E-state index contributed by atoms with van der Waals surface area (Å²) in [4.78, 5) is 11.2. The average molecular weight is 230 g/mol. The monoisotopic (exact) mass is 230 g/mol. The summed E-state index contributed by atoms with van der Waals surface area (Å²) < 4.78 is 32.5. The lowest BCUT2D eigenvalue weighted by Gasteiger charge is -2.10. The van der Waals surface area contributed by atoms with E-state index in [4.69, 9.17) is 0 Å². The third kappa shape index (κ3) is 3.18. The van der Waals surface area contributed by atoms with Crippen molar-refractivity contribution in [1.82, 2.24) is 0 Å². The molecular weight excluding hydrogens is 218 g/mol. The molecule has 0 aromatic heterocycles. The SMILES string of the molecule is COC(=O)C(C)c1ccc(OC(F)F)cc1. The van der Waals surface area contributed by atoms with Gasteiger partial charge in [0.2, 0.25) is 0 Å². The van der Waals surface area contributed by atoms with Gasteiger partial charge in [0.05, 0.1) is 13.0 Å². The summed E-state index contributed by atoms with van der Waals surface area (Å²) >= 11 is 0. The maximum atomic E-state index is 11.9. The lowest BCUT2D eigenvalue weighted by atomic mass is 10.0. The molecule has 0 saturated heterocycles. The summed E-state index contributed by atoms with van der Waals surface area (Å²) in [5.41, 5.74) is 0.688. The van der Waals surface area contributed by atoms with Gasteiger partial charge in [-0.25, -0.2) is 0 Å². The Morgan fingerprint density at radius 3 is 2.25 bits per heavy atom. The summed E-state index contributed by atoms with van der Waals surface area (Å²) in [6.45, 7) is -1.17. The van der Waals surface area contributed by atoms with Gasteiger partial charge in [-0.1, -0.05) is 12.1 Å². The van der Waals surface area contributed by atoms with Crippen molar-refractivity contribution in [3.8, 4) is 5.75 Å². The minimum absolute atomic E-state index is 0.0656. The molecule has 0 aliphatic carbocycles. The minimum Gasteiger partial charge on any atom is -0.469 e. The molecule has 0 radical (unpaired) electrons. The Hall–Kier alpha value is -1.65. The van der Waals surface area contributed by atoms with Crippen LogP contribution in [-0.2, 0) is 9.53 Å². The summed E-state index contributed by atoms with van der Waals surface area (Å²) in [6, 6.07) is 5.89. The van der Waals surface area contributed by atoms with Gasteiger partial charge in [-0.3, -0.25) is 4.79 Å². The number of carbonyl (C=O) groups excluding carboxylic acids is 1. The molecule has 1 rings (SSSR count). The van der Waals surface area contributed by atoms with E-state index in [-0.39, 0.29) is 11.7 Å². The molecule has 88 valence electrons. The third-order valence-electron chi connectivity index (χ3n) is 2.16. The molecule has 0 fully saturated rings. The predicted molar refractivity (Wildman–Crippen MR) is 53.5 cm³/mol. The fourth-order valence-corrected chi connectivity index (χ4v) is 1.25. The molecule has 0 aliphatic heterocycles. The van der Waals surface area contributed by atoms with Crippen molar-refractivity contribution in [2.75, 3.05) is 7.11 Å². The Kier molecular flexibility index (Phi) is 4.22. The Balaban J connectivity index is 2.74. The Morgan fingerprint density at radius 1 is 1.25 bits per heavy atom. The lowest BCUT2D eigenvalue weighted by Crippen LogP contribution is -2.10. The summed E-state index contributed by atoms with van der Waals surface area (Å²) in [6.07, 6.45) is 0. The van der Waals surface area contributed by atoms with Crippen molar-refractivity contribution in [3.05, 3.63) is 29.8 Å². The molecule has 5 heteroatoms. The smallest absolute Gasteiger partial charge is 0.387 e. The quantitative estimate of drug-likeness (QED) is 0.746. The van der Waals surface area contributed by atoms with Crippen LogP contribution in [0.25, 0.3) is 0 Å². The maximum Gasteiger partial charge on any atom is 0.387 e. The Morgan fingerprint density at radius 2 is 1.81 bits per heavy atom. The standard InChI is InChI=1S/C11H12F2O3/c1-7(10(14)15-2)8-3-5-9(6-4-8)16-11(12)13/h3-7,11H,1-2H3. The topological polar surface area (TPSA) is 35.5 Å². The van der Waals surface area contributed by atoms with E-state index in [9.17, 15) is 13.6 Å². The van der Waals surface area contributed by atoms with E-state index in [0.29, 0.717) is 5.56 Å². The molecule has 3 nitrogen and oxygen atoms in total. The highest BCUT2D eigenvalue weighted by Crippen LogP contribution is 2.21. The first-order chi connectivity index (χ1) is 7.54. The molecule has 0 aliphatic rings. The van der Waals surface area contributed by atoms with Crippen LogP contribution in [0.2, 0.25) is 0 Å². The first-order valence-electron chi connectivity index (χ1n) is 4.67. The molecule has 1 aromatic rings. The van der Waals surface area contributed by atoms with Crippen molar-refractivity contribution >= 4 is 5.97 Å². The molecule has 1 atom stereocenters. The fraction of sp³-hybridized carbons (Fsp3) is 0.364. The van der Waals surface area contributed by atoms with Crippen LogP contribution in [-0.4, -0.2) is 19.7 Å². The highest BCUT2D eigenvalue weighted by molar-refractivity contribution is 5.77. The number of methoxy groups -OCH3 is 1. The molecular formula is C11H12F2O3. The molecule has 1 unspecified atom stereocenters. The van der Waals surface area contributed by atoms with Gasteiger partial charge >= 0.3 is 12.6 Å². The van der Waals surface area contributed by atoms with Gasteiger partial charge < -0.3 is 9.47 Å². The van der Waals surface area contributed by atoms with Crippen LogP contribution in [0.1, 0.15) is 18.4 Å². The number of hydrogen-bond donors (Lipinski definition) is 0. The van der Waals surface area contributed by atoms with Gasteiger partial charge in [-0.15, -0.1) is 0 Å². The zero-order valence-electron chi connectivity index (χ0n) is 8.94.